The number of alkyl carbamates (subject to hydrolysis) is 1. The van der Waals surface area contributed by atoms with Crippen LogP contribution in [0.15, 0.2) is 18.2 Å². The van der Waals surface area contributed by atoms with Crippen molar-refractivity contribution in [2.45, 2.75) is 118 Å². The zero-order chi connectivity index (χ0) is 27.7. The summed E-state index contributed by atoms with van der Waals surface area (Å²) in [7, 11) is 0. The molecule has 0 bridgehead atoms. The van der Waals surface area contributed by atoms with Crippen molar-refractivity contribution in [3.05, 3.63) is 29.3 Å². The van der Waals surface area contributed by atoms with Crippen LogP contribution in [0.2, 0.25) is 0 Å². The van der Waals surface area contributed by atoms with E-state index in [1.54, 1.807) is 52.8 Å². The van der Waals surface area contributed by atoms with Crippen LogP contribution in [-0.4, -0.2) is 51.6 Å². The lowest BCUT2D eigenvalue weighted by Gasteiger charge is -2.35. The molecule has 8 heteroatoms. The molecule has 36 heavy (non-hydrogen) atoms. The number of para-hydroxylation sites is 1. The van der Waals surface area contributed by atoms with Gasteiger partial charge in [0.05, 0.1) is 0 Å². The summed E-state index contributed by atoms with van der Waals surface area (Å²) in [6.45, 7) is 16.6. The summed E-state index contributed by atoms with van der Waals surface area (Å²) in [5.41, 5.74) is -0.307. The number of carbonyl (C=O) groups excluding carboxylic acids is 3. The van der Waals surface area contributed by atoms with Crippen molar-refractivity contribution in [1.29, 1.82) is 0 Å². The monoisotopic (exact) mass is 505 g/mol. The van der Waals surface area contributed by atoms with Gasteiger partial charge in [0.1, 0.15) is 23.4 Å². The van der Waals surface area contributed by atoms with Crippen molar-refractivity contribution in [1.82, 2.24) is 15.5 Å². The number of amides is 3. The number of benzene rings is 1. The van der Waals surface area contributed by atoms with Gasteiger partial charge in [-0.05, 0) is 67.4 Å². The molecular formula is C28H47N3O5. The number of nitrogens with zero attached hydrogens (tertiary/aromatic N) is 1. The second kappa shape index (κ2) is 13.5. The molecule has 0 fully saturated rings. The van der Waals surface area contributed by atoms with Crippen LogP contribution in [0.4, 0.5) is 4.79 Å². The van der Waals surface area contributed by atoms with Crippen molar-refractivity contribution >= 4 is 17.9 Å². The Balaban J connectivity index is 3.41. The van der Waals surface area contributed by atoms with Crippen molar-refractivity contribution in [3.63, 3.8) is 0 Å². The number of carbonyl (C=O) groups is 3. The van der Waals surface area contributed by atoms with Gasteiger partial charge in [-0.1, -0.05) is 50.8 Å². The third kappa shape index (κ3) is 10.5. The van der Waals surface area contributed by atoms with Crippen LogP contribution in [0.25, 0.3) is 0 Å². The molecule has 1 aromatic carbocycles. The van der Waals surface area contributed by atoms with E-state index in [0.717, 1.165) is 25.7 Å². The maximum absolute atomic E-state index is 13.7. The second-order valence-corrected chi connectivity index (χ2v) is 11.5. The first-order valence-electron chi connectivity index (χ1n) is 13.0. The number of aryl methyl sites for hydroxylation is 1. The minimum atomic E-state index is -1.06. The van der Waals surface area contributed by atoms with E-state index in [1.807, 2.05) is 20.8 Å². The first-order chi connectivity index (χ1) is 16.6. The SMILES string of the molecule is CCCCCCCN(C(=O)C(C)NC(=O)OC(C)(C)C)C(C(=O)NC(C)(C)C)c1cccc(C)c1O. The van der Waals surface area contributed by atoms with Crippen molar-refractivity contribution in [3.8, 4) is 5.75 Å². The number of hydrogen-bond donors (Lipinski definition) is 3. The summed E-state index contributed by atoms with van der Waals surface area (Å²) >= 11 is 0. The Hall–Kier alpha value is -2.77. The van der Waals surface area contributed by atoms with Crippen LogP contribution in [-0.2, 0) is 14.3 Å². The Kier molecular flexibility index (Phi) is 11.7. The highest BCUT2D eigenvalue weighted by atomic mass is 16.6. The lowest BCUT2D eigenvalue weighted by atomic mass is 9.97. The summed E-state index contributed by atoms with van der Waals surface area (Å²) in [6, 6.07) is 3.17. The number of ether oxygens (including phenoxy) is 1. The van der Waals surface area contributed by atoms with Crippen LogP contribution >= 0.6 is 0 Å². The van der Waals surface area contributed by atoms with Crippen LogP contribution in [0, 0.1) is 6.92 Å². The molecule has 0 heterocycles. The highest BCUT2D eigenvalue weighted by molar-refractivity contribution is 5.92. The van der Waals surface area contributed by atoms with E-state index in [4.69, 9.17) is 4.74 Å². The molecular weight excluding hydrogens is 458 g/mol. The largest absolute Gasteiger partial charge is 0.507 e. The molecule has 0 aliphatic carbocycles. The molecule has 0 saturated carbocycles. The third-order valence-corrected chi connectivity index (χ3v) is 5.51. The van der Waals surface area contributed by atoms with Crippen LogP contribution in [0.5, 0.6) is 5.75 Å². The van der Waals surface area contributed by atoms with Crippen molar-refractivity contribution < 1.29 is 24.2 Å². The number of rotatable bonds is 11. The Morgan fingerprint density at radius 1 is 1.03 bits per heavy atom. The third-order valence-electron chi connectivity index (χ3n) is 5.51. The molecule has 0 aliphatic heterocycles. The lowest BCUT2D eigenvalue weighted by molar-refractivity contribution is -0.143. The minimum Gasteiger partial charge on any atom is -0.507 e. The molecule has 1 rings (SSSR count). The lowest BCUT2D eigenvalue weighted by Crippen LogP contribution is -2.54. The summed E-state index contributed by atoms with van der Waals surface area (Å²) in [4.78, 5) is 41.2. The van der Waals surface area contributed by atoms with Gasteiger partial charge < -0.3 is 25.4 Å². The Morgan fingerprint density at radius 3 is 2.19 bits per heavy atom. The molecule has 2 unspecified atom stereocenters. The number of phenolic OH excluding ortho intramolecular Hbond substituents is 1. The number of aromatic hydroxyl groups is 1. The van der Waals surface area contributed by atoms with Gasteiger partial charge in [0.15, 0.2) is 0 Å². The smallest absolute Gasteiger partial charge is 0.408 e. The quantitative estimate of drug-likeness (QED) is 0.351. The molecule has 3 amide bonds. The van der Waals surface area contributed by atoms with E-state index in [9.17, 15) is 19.5 Å². The molecule has 2 atom stereocenters. The molecule has 1 aromatic rings. The van der Waals surface area contributed by atoms with Crippen molar-refractivity contribution in [2.24, 2.45) is 0 Å². The van der Waals surface area contributed by atoms with E-state index >= 15 is 0 Å². The number of phenols is 1. The van der Waals surface area contributed by atoms with E-state index in [-0.39, 0.29) is 5.75 Å². The highest BCUT2D eigenvalue weighted by Crippen LogP contribution is 2.33. The molecule has 0 aromatic heterocycles. The first kappa shape index (κ1) is 31.3. The molecule has 8 nitrogen and oxygen atoms in total. The van der Waals surface area contributed by atoms with Gasteiger partial charge in [-0.15, -0.1) is 0 Å². The molecule has 3 N–H and O–H groups in total. The van der Waals surface area contributed by atoms with Crippen LogP contribution in [0.3, 0.4) is 0 Å². The van der Waals surface area contributed by atoms with Gasteiger partial charge >= 0.3 is 6.09 Å². The van der Waals surface area contributed by atoms with Gasteiger partial charge in [-0.3, -0.25) is 9.59 Å². The maximum atomic E-state index is 13.7. The molecule has 0 spiro atoms. The normalized spacial score (nSPS) is 13.5. The molecule has 204 valence electrons. The Morgan fingerprint density at radius 2 is 1.64 bits per heavy atom. The van der Waals surface area contributed by atoms with Gasteiger partial charge in [0, 0.05) is 17.6 Å². The summed E-state index contributed by atoms with van der Waals surface area (Å²) in [5.74, 6) is -0.843. The maximum Gasteiger partial charge on any atom is 0.408 e. The summed E-state index contributed by atoms with van der Waals surface area (Å²) in [5, 5.41) is 16.5. The fraction of sp³-hybridized carbons (Fsp3) is 0.679. The Labute approximate surface area is 217 Å². The average molecular weight is 506 g/mol. The van der Waals surface area contributed by atoms with E-state index in [1.165, 1.54) is 4.90 Å². The van der Waals surface area contributed by atoms with Gasteiger partial charge in [0.2, 0.25) is 11.8 Å². The minimum absolute atomic E-state index is 0.0249. The fourth-order valence-electron chi connectivity index (χ4n) is 3.84. The summed E-state index contributed by atoms with van der Waals surface area (Å²) < 4.78 is 5.32. The molecule has 0 aliphatic rings. The predicted octanol–water partition coefficient (Wildman–Crippen LogP) is 5.37. The summed E-state index contributed by atoms with van der Waals surface area (Å²) in [6.07, 6.45) is 4.10. The standard InChI is InChI=1S/C28H47N3O5/c1-10-11-12-13-14-18-31(25(34)20(3)29-26(35)36-28(7,8)9)22(24(33)30-27(4,5)6)21-17-15-16-19(2)23(21)32/h15-17,20,22,32H,10-14,18H2,1-9H3,(H,29,35)(H,30,33). The zero-order valence-corrected chi connectivity index (χ0v) is 23.7. The van der Waals surface area contributed by atoms with Gasteiger partial charge in [-0.2, -0.15) is 0 Å². The number of hydrogen-bond acceptors (Lipinski definition) is 5. The highest BCUT2D eigenvalue weighted by Gasteiger charge is 2.37. The fourth-order valence-corrected chi connectivity index (χ4v) is 3.84. The second-order valence-electron chi connectivity index (χ2n) is 11.5. The van der Waals surface area contributed by atoms with Gasteiger partial charge in [-0.25, -0.2) is 4.79 Å². The number of unbranched alkanes of at least 4 members (excludes halogenated alkanes) is 4. The van der Waals surface area contributed by atoms with E-state index in [2.05, 4.69) is 17.6 Å². The van der Waals surface area contributed by atoms with E-state index < -0.39 is 41.1 Å². The Bertz CT molecular complexity index is 886. The van der Waals surface area contributed by atoms with Crippen molar-refractivity contribution in [2.75, 3.05) is 6.54 Å². The van der Waals surface area contributed by atoms with Crippen LogP contribution < -0.4 is 10.6 Å². The first-order valence-corrected chi connectivity index (χ1v) is 13.0. The number of nitrogens with one attached hydrogen (secondary N) is 2. The topological polar surface area (TPSA) is 108 Å². The predicted molar refractivity (Wildman–Crippen MR) is 143 cm³/mol. The zero-order valence-electron chi connectivity index (χ0n) is 23.7. The average Bonchev–Trinajstić information content (AvgIpc) is 2.72. The van der Waals surface area contributed by atoms with Gasteiger partial charge in [0.25, 0.3) is 0 Å². The molecule has 0 saturated heterocycles. The van der Waals surface area contributed by atoms with E-state index in [0.29, 0.717) is 24.1 Å². The van der Waals surface area contributed by atoms with Crippen LogP contribution in [0.1, 0.15) is 105 Å². The molecule has 0 radical (unpaired) electrons.